The van der Waals surface area contributed by atoms with E-state index in [-0.39, 0.29) is 18.1 Å². The molecule has 34 heavy (non-hydrogen) atoms. The van der Waals surface area contributed by atoms with Crippen molar-refractivity contribution in [3.05, 3.63) is 75.4 Å². The van der Waals surface area contributed by atoms with E-state index in [1.54, 1.807) is 30.5 Å². The number of methoxy groups -OCH3 is 1. The van der Waals surface area contributed by atoms with E-state index in [0.717, 1.165) is 34.5 Å². The van der Waals surface area contributed by atoms with Crippen LogP contribution in [0, 0.1) is 17.1 Å². The highest BCUT2D eigenvalue weighted by Crippen LogP contribution is 2.37. The minimum atomic E-state index is -1.19. The minimum Gasteiger partial charge on any atom is -0.495 e. The molecule has 1 amide bonds. The Morgan fingerprint density at radius 1 is 1.29 bits per heavy atom. The lowest BCUT2D eigenvalue weighted by Crippen LogP contribution is -2.29. The molecule has 4 rings (SSSR count). The van der Waals surface area contributed by atoms with Crippen molar-refractivity contribution in [1.29, 1.82) is 5.26 Å². The first kappa shape index (κ1) is 24.1. The zero-order chi connectivity index (χ0) is 24.2. The first-order chi connectivity index (χ1) is 16.4. The molecule has 1 aliphatic rings. The second kappa shape index (κ2) is 10.5. The lowest BCUT2D eigenvalue weighted by Gasteiger charge is -2.27. The first-order valence-electron chi connectivity index (χ1n) is 10.7. The summed E-state index contributed by atoms with van der Waals surface area (Å²) in [6.45, 7) is 1.97. The molecule has 1 aliphatic heterocycles. The average Bonchev–Trinajstić information content (AvgIpc) is 3.14. The topological polar surface area (TPSA) is 82.4 Å². The van der Waals surface area contributed by atoms with Gasteiger partial charge >= 0.3 is 0 Å². The van der Waals surface area contributed by atoms with Crippen LogP contribution in [0.2, 0.25) is 0 Å². The van der Waals surface area contributed by atoms with Crippen molar-refractivity contribution in [3.8, 4) is 11.8 Å². The number of ether oxygens (including phenoxy) is 1. The van der Waals surface area contributed by atoms with Gasteiger partial charge in [-0.05, 0) is 41.8 Å². The number of nitrogens with one attached hydrogen (secondary N) is 1. The van der Waals surface area contributed by atoms with Crippen LogP contribution in [0.5, 0.6) is 5.75 Å². The molecule has 1 aromatic heterocycles. The molecule has 2 heterocycles. The molecular formula is C25H24FN3O3S2. The van der Waals surface area contributed by atoms with E-state index in [9.17, 15) is 18.7 Å². The summed E-state index contributed by atoms with van der Waals surface area (Å²) in [6, 6.07) is 14.0. The van der Waals surface area contributed by atoms with Crippen LogP contribution in [0.4, 0.5) is 9.39 Å². The van der Waals surface area contributed by atoms with Crippen molar-refractivity contribution in [3.63, 3.8) is 0 Å². The van der Waals surface area contributed by atoms with E-state index < -0.39 is 10.8 Å². The Labute approximate surface area is 204 Å². The van der Waals surface area contributed by atoms with Gasteiger partial charge in [-0.3, -0.25) is 13.9 Å². The summed E-state index contributed by atoms with van der Waals surface area (Å²) < 4.78 is 30.7. The molecule has 0 saturated heterocycles. The van der Waals surface area contributed by atoms with Crippen LogP contribution < -0.4 is 10.1 Å². The predicted octanol–water partition coefficient (Wildman–Crippen LogP) is 4.24. The van der Waals surface area contributed by atoms with Crippen molar-refractivity contribution in [2.45, 2.75) is 30.8 Å². The maximum Gasteiger partial charge on any atom is 0.229 e. The molecule has 0 radical (unpaired) electrons. The molecule has 3 aromatic rings. The summed E-state index contributed by atoms with van der Waals surface area (Å²) in [6.07, 6.45) is 2.45. The molecular weight excluding hydrogens is 473 g/mol. The number of thiophene rings is 1. The highest BCUT2D eigenvalue weighted by atomic mass is 32.2. The van der Waals surface area contributed by atoms with E-state index in [1.165, 1.54) is 30.6 Å². The summed E-state index contributed by atoms with van der Waals surface area (Å²) in [7, 11) is 0.309. The van der Waals surface area contributed by atoms with Crippen LogP contribution in [0.25, 0.3) is 0 Å². The van der Waals surface area contributed by atoms with Crippen molar-refractivity contribution in [2.24, 2.45) is 0 Å². The highest BCUT2D eigenvalue weighted by molar-refractivity contribution is 7.84. The summed E-state index contributed by atoms with van der Waals surface area (Å²) >= 11 is 1.44. The number of rotatable bonds is 7. The monoisotopic (exact) mass is 497 g/mol. The van der Waals surface area contributed by atoms with Crippen LogP contribution in [0.15, 0.2) is 47.4 Å². The minimum absolute atomic E-state index is 0.103. The lowest BCUT2D eigenvalue weighted by atomic mass is 10.0. The van der Waals surface area contributed by atoms with Gasteiger partial charge in [-0.2, -0.15) is 5.26 Å². The van der Waals surface area contributed by atoms with E-state index in [4.69, 9.17) is 4.74 Å². The summed E-state index contributed by atoms with van der Waals surface area (Å²) in [5.74, 6) is -0.0170. The molecule has 0 saturated carbocycles. The maximum atomic E-state index is 13.5. The number of hydrogen-bond acceptors (Lipinski definition) is 6. The van der Waals surface area contributed by atoms with Gasteiger partial charge < -0.3 is 10.1 Å². The van der Waals surface area contributed by atoms with Crippen LogP contribution in [-0.4, -0.2) is 34.9 Å². The molecule has 6 nitrogen and oxygen atoms in total. The second-order valence-corrected chi connectivity index (χ2v) is 10.5. The van der Waals surface area contributed by atoms with Crippen LogP contribution in [0.3, 0.4) is 0 Å². The standard InChI is InChI=1S/C25H24FN3O3S2/c1-32-21-11-16(6-7-23(21)34(2)31)12-24(30)28-25-19(13-27)20-15-29(9-8-22(20)33-25)14-17-4-3-5-18(26)10-17/h3-7,10-11H,8-9,12,14-15H2,1-2H3,(H,28,30). The zero-order valence-corrected chi connectivity index (χ0v) is 20.5. The summed E-state index contributed by atoms with van der Waals surface area (Å²) in [5.41, 5.74) is 3.04. The summed E-state index contributed by atoms with van der Waals surface area (Å²) in [5, 5.41) is 13.3. The number of carbonyl (C=O) groups is 1. The fraction of sp³-hybridized carbons (Fsp3) is 0.280. The molecule has 0 spiro atoms. The third-order valence-electron chi connectivity index (χ3n) is 5.69. The Balaban J connectivity index is 1.47. The maximum absolute atomic E-state index is 13.5. The molecule has 0 aliphatic carbocycles. The lowest BCUT2D eigenvalue weighted by molar-refractivity contribution is -0.115. The Morgan fingerprint density at radius 2 is 2.12 bits per heavy atom. The van der Waals surface area contributed by atoms with Gasteiger partial charge in [0.05, 0.1) is 34.8 Å². The zero-order valence-electron chi connectivity index (χ0n) is 18.9. The van der Waals surface area contributed by atoms with E-state index in [2.05, 4.69) is 16.3 Å². The fourth-order valence-corrected chi connectivity index (χ4v) is 5.94. The van der Waals surface area contributed by atoms with Gasteiger partial charge in [0, 0.05) is 36.3 Å². The average molecular weight is 498 g/mol. The van der Waals surface area contributed by atoms with Crippen LogP contribution >= 0.6 is 11.3 Å². The molecule has 176 valence electrons. The third-order valence-corrected chi connectivity index (χ3v) is 7.85. The van der Waals surface area contributed by atoms with E-state index in [0.29, 0.717) is 34.3 Å². The van der Waals surface area contributed by atoms with Gasteiger partial charge in [0.2, 0.25) is 5.91 Å². The van der Waals surface area contributed by atoms with Crippen LogP contribution in [-0.2, 0) is 41.5 Å². The van der Waals surface area contributed by atoms with Gasteiger partial charge in [0.15, 0.2) is 0 Å². The molecule has 0 bridgehead atoms. The number of fused-ring (bicyclic) bond motifs is 1. The van der Waals surface area contributed by atoms with Gasteiger partial charge in [-0.25, -0.2) is 4.39 Å². The first-order valence-corrected chi connectivity index (χ1v) is 13.1. The highest BCUT2D eigenvalue weighted by Gasteiger charge is 2.25. The van der Waals surface area contributed by atoms with Gasteiger partial charge in [0.1, 0.15) is 22.6 Å². The molecule has 0 fully saturated rings. The predicted molar refractivity (Wildman–Crippen MR) is 131 cm³/mol. The fourth-order valence-electron chi connectivity index (χ4n) is 4.09. The third kappa shape index (κ3) is 5.36. The normalized spacial score (nSPS) is 14.2. The SMILES string of the molecule is COc1cc(CC(=O)Nc2sc3c(c2C#N)CN(Cc2cccc(F)c2)CC3)ccc1S(C)=O. The molecule has 1 unspecified atom stereocenters. The Morgan fingerprint density at radius 3 is 2.82 bits per heavy atom. The van der Waals surface area contributed by atoms with Crippen molar-refractivity contribution >= 4 is 33.0 Å². The molecule has 1 N–H and O–H groups in total. The molecule has 1 atom stereocenters. The number of carbonyl (C=O) groups excluding carboxylic acids is 1. The largest absolute Gasteiger partial charge is 0.495 e. The smallest absolute Gasteiger partial charge is 0.229 e. The van der Waals surface area contributed by atoms with Gasteiger partial charge in [-0.15, -0.1) is 11.3 Å². The molecule has 9 heteroatoms. The number of halogens is 1. The number of anilines is 1. The van der Waals surface area contributed by atoms with Crippen molar-refractivity contribution in [1.82, 2.24) is 4.90 Å². The number of nitriles is 1. The Kier molecular flexibility index (Phi) is 7.41. The van der Waals surface area contributed by atoms with E-state index in [1.807, 2.05) is 6.07 Å². The van der Waals surface area contributed by atoms with Gasteiger partial charge in [-0.1, -0.05) is 18.2 Å². The van der Waals surface area contributed by atoms with Crippen molar-refractivity contribution in [2.75, 3.05) is 25.2 Å². The number of hydrogen-bond donors (Lipinski definition) is 1. The van der Waals surface area contributed by atoms with Crippen LogP contribution in [0.1, 0.15) is 27.1 Å². The number of benzene rings is 2. The Bertz CT molecular complexity index is 1300. The second-order valence-electron chi connectivity index (χ2n) is 8.07. The van der Waals surface area contributed by atoms with Crippen molar-refractivity contribution < 1.29 is 18.1 Å². The quantitative estimate of drug-likeness (QED) is 0.528. The summed E-state index contributed by atoms with van der Waals surface area (Å²) in [4.78, 5) is 16.6. The number of nitrogens with zero attached hydrogens (tertiary/aromatic N) is 2. The van der Waals surface area contributed by atoms with Gasteiger partial charge in [0.25, 0.3) is 0 Å². The number of amides is 1. The molecule has 2 aromatic carbocycles. The van der Waals surface area contributed by atoms with E-state index >= 15 is 0 Å². The Hall–Kier alpha value is -3.06.